The monoisotopic (exact) mass is 255 g/mol. The van der Waals surface area contributed by atoms with E-state index >= 15 is 0 Å². The van der Waals surface area contributed by atoms with E-state index in [-0.39, 0.29) is 12.3 Å². The molecule has 0 N–H and O–H groups in total. The van der Waals surface area contributed by atoms with Crippen LogP contribution in [-0.4, -0.2) is 22.6 Å². The van der Waals surface area contributed by atoms with Gasteiger partial charge < -0.3 is 4.43 Å². The summed E-state index contributed by atoms with van der Waals surface area (Å²) in [6.45, 7) is 9.25. The van der Waals surface area contributed by atoms with Crippen LogP contribution in [0.2, 0.25) is 19.6 Å². The largest absolute Gasteiger partial charge is 0.534 e. The molecule has 0 spiro atoms. The van der Waals surface area contributed by atoms with E-state index < -0.39 is 17.6 Å². The second-order valence-corrected chi connectivity index (χ2v) is 10.2. The van der Waals surface area contributed by atoms with Gasteiger partial charge in [0.2, 0.25) is 8.32 Å². The van der Waals surface area contributed by atoms with Crippen molar-refractivity contribution in [2.24, 2.45) is 4.40 Å². The molecule has 0 saturated heterocycles. The average molecular weight is 256 g/mol. The van der Waals surface area contributed by atoms with Gasteiger partial charge in [-0.25, -0.2) is 0 Å². The van der Waals surface area contributed by atoms with Crippen molar-refractivity contribution in [1.29, 1.82) is 0 Å². The first-order valence-corrected chi connectivity index (χ1v) is 9.65. The Labute approximate surface area is 90.3 Å². The molecule has 0 atom stereocenters. The van der Waals surface area contributed by atoms with Gasteiger partial charge in [-0.1, -0.05) is 6.08 Å². The lowest BCUT2D eigenvalue weighted by Gasteiger charge is -2.19. The smallest absolute Gasteiger partial charge is 0.342 e. The van der Waals surface area contributed by atoms with Crippen LogP contribution in [0.1, 0.15) is 6.42 Å². The van der Waals surface area contributed by atoms with Gasteiger partial charge in [0.05, 0.1) is 0 Å². The van der Waals surface area contributed by atoms with Gasteiger partial charge in [-0.3, -0.25) is 0 Å². The highest BCUT2D eigenvalue weighted by atomic mass is 35.7. The Morgan fingerprint density at radius 1 is 1.57 bits per heavy atom. The SMILES string of the molecule is C=CC/C(=N/S(=O)(=O)Cl)O[Si](C)(C)C. The minimum Gasteiger partial charge on any atom is -0.534 e. The molecule has 0 saturated carbocycles. The Kier molecular flexibility index (Phi) is 4.83. The molecule has 7 heteroatoms. The molecule has 0 aromatic heterocycles. The summed E-state index contributed by atoms with van der Waals surface area (Å²) in [5.74, 6) is 0.106. The molecule has 0 aromatic carbocycles. The molecule has 0 aromatic rings. The van der Waals surface area contributed by atoms with Gasteiger partial charge in [0.1, 0.15) is 0 Å². The maximum absolute atomic E-state index is 10.7. The number of hydrogen-bond donors (Lipinski definition) is 0. The van der Waals surface area contributed by atoms with E-state index in [0.717, 1.165) is 0 Å². The van der Waals surface area contributed by atoms with Crippen LogP contribution in [0.15, 0.2) is 17.1 Å². The van der Waals surface area contributed by atoms with Crippen LogP contribution < -0.4 is 0 Å². The summed E-state index contributed by atoms with van der Waals surface area (Å²) < 4.78 is 30.1. The van der Waals surface area contributed by atoms with Gasteiger partial charge in [-0.05, 0) is 19.6 Å². The predicted octanol–water partition coefficient (Wildman–Crippen LogP) is 2.30. The zero-order valence-electron chi connectivity index (χ0n) is 8.45. The molecule has 0 aliphatic carbocycles. The molecule has 0 rings (SSSR count). The molecule has 0 amide bonds. The van der Waals surface area contributed by atoms with E-state index in [1.807, 2.05) is 19.6 Å². The third kappa shape index (κ3) is 8.27. The first-order valence-electron chi connectivity index (χ1n) is 3.97. The average Bonchev–Trinajstić information content (AvgIpc) is 1.78. The van der Waals surface area contributed by atoms with Gasteiger partial charge in [-0.2, -0.15) is 8.42 Å². The lowest BCUT2D eigenvalue weighted by molar-refractivity contribution is 0.540. The zero-order chi connectivity index (χ0) is 11.4. The fraction of sp³-hybridized carbons (Fsp3) is 0.571. The molecule has 14 heavy (non-hydrogen) atoms. The van der Waals surface area contributed by atoms with Gasteiger partial charge in [0.25, 0.3) is 0 Å². The predicted molar refractivity (Wildman–Crippen MR) is 61.5 cm³/mol. The molecular weight excluding hydrogens is 242 g/mol. The highest BCUT2D eigenvalue weighted by molar-refractivity contribution is 8.12. The third-order valence-electron chi connectivity index (χ3n) is 0.954. The number of halogens is 1. The van der Waals surface area contributed by atoms with Crippen molar-refractivity contribution in [1.82, 2.24) is 0 Å². The summed E-state index contributed by atoms with van der Waals surface area (Å²) in [6, 6.07) is 0. The van der Waals surface area contributed by atoms with Crippen molar-refractivity contribution in [2.75, 3.05) is 0 Å². The van der Waals surface area contributed by atoms with E-state index in [1.54, 1.807) is 0 Å². The van der Waals surface area contributed by atoms with Gasteiger partial charge in [0, 0.05) is 17.1 Å². The number of hydrogen-bond acceptors (Lipinski definition) is 3. The first-order chi connectivity index (χ1) is 6.14. The Hall–Kier alpha value is -0.333. The van der Waals surface area contributed by atoms with Crippen molar-refractivity contribution in [2.45, 2.75) is 26.1 Å². The van der Waals surface area contributed by atoms with Crippen molar-refractivity contribution < 1.29 is 12.8 Å². The molecule has 82 valence electrons. The van der Waals surface area contributed by atoms with Crippen molar-refractivity contribution in [3.8, 4) is 0 Å². The molecule has 0 radical (unpaired) electrons. The highest BCUT2D eigenvalue weighted by Gasteiger charge is 2.19. The molecule has 0 heterocycles. The normalized spacial score (nSPS) is 13.9. The maximum Gasteiger partial charge on any atom is 0.342 e. The van der Waals surface area contributed by atoms with E-state index in [2.05, 4.69) is 11.0 Å². The van der Waals surface area contributed by atoms with Crippen LogP contribution in [0.3, 0.4) is 0 Å². The lowest BCUT2D eigenvalue weighted by Crippen LogP contribution is -2.29. The summed E-state index contributed by atoms with van der Waals surface area (Å²) in [7, 11) is -0.789. The standard InChI is InChI=1S/C7H14ClNO3SSi/c1-5-6-7(9-13(8,10)11)12-14(2,3)4/h5H,1,6H2,2-4H3/b9-7-. The molecule has 0 fully saturated rings. The van der Waals surface area contributed by atoms with Crippen LogP contribution in [0.5, 0.6) is 0 Å². The highest BCUT2D eigenvalue weighted by Crippen LogP contribution is 2.09. The van der Waals surface area contributed by atoms with E-state index in [4.69, 9.17) is 15.1 Å². The summed E-state index contributed by atoms with van der Waals surface area (Å²) in [5, 5.41) is 0. The quantitative estimate of drug-likeness (QED) is 0.255. The Morgan fingerprint density at radius 3 is 2.36 bits per heavy atom. The van der Waals surface area contributed by atoms with E-state index in [9.17, 15) is 8.42 Å². The number of rotatable bonds is 4. The molecule has 4 nitrogen and oxygen atoms in total. The minimum absolute atomic E-state index is 0.106. The van der Waals surface area contributed by atoms with E-state index in [1.165, 1.54) is 6.08 Å². The van der Waals surface area contributed by atoms with Crippen molar-refractivity contribution in [3.63, 3.8) is 0 Å². The van der Waals surface area contributed by atoms with Crippen LogP contribution >= 0.6 is 10.7 Å². The molecule has 0 aliphatic heterocycles. The topological polar surface area (TPSA) is 55.7 Å². The van der Waals surface area contributed by atoms with Crippen molar-refractivity contribution >= 4 is 34.1 Å². The van der Waals surface area contributed by atoms with Crippen molar-refractivity contribution in [3.05, 3.63) is 12.7 Å². The first kappa shape index (κ1) is 13.7. The fourth-order valence-electron chi connectivity index (χ4n) is 0.696. The fourth-order valence-corrected chi connectivity index (χ4v) is 2.18. The lowest BCUT2D eigenvalue weighted by atomic mass is 10.4. The summed E-state index contributed by atoms with van der Waals surface area (Å²) in [6.07, 6.45) is 1.78. The van der Waals surface area contributed by atoms with Crippen LogP contribution in [-0.2, 0) is 13.7 Å². The molecule has 0 unspecified atom stereocenters. The Bertz CT molecular complexity index is 331. The summed E-state index contributed by atoms with van der Waals surface area (Å²) in [5.41, 5.74) is 0. The van der Waals surface area contributed by atoms with Crippen LogP contribution in [0.4, 0.5) is 0 Å². The summed E-state index contributed by atoms with van der Waals surface area (Å²) in [4.78, 5) is 0. The third-order valence-corrected chi connectivity index (χ3v) is 2.43. The number of nitrogens with zero attached hydrogens (tertiary/aromatic N) is 1. The van der Waals surface area contributed by atoms with E-state index in [0.29, 0.717) is 0 Å². The minimum atomic E-state index is -3.91. The van der Waals surface area contributed by atoms with Crippen LogP contribution in [0.25, 0.3) is 0 Å². The van der Waals surface area contributed by atoms with Crippen LogP contribution in [0, 0.1) is 0 Å². The molecule has 0 aliphatic rings. The molecule has 0 bridgehead atoms. The molecular formula is C7H14ClNO3SSi. The second-order valence-electron chi connectivity index (χ2n) is 3.60. The zero-order valence-corrected chi connectivity index (χ0v) is 11.0. The maximum atomic E-state index is 10.7. The summed E-state index contributed by atoms with van der Waals surface area (Å²) >= 11 is 0. The second kappa shape index (κ2) is 4.95. The van der Waals surface area contributed by atoms with Gasteiger partial charge in [-0.15, -0.1) is 11.0 Å². The van der Waals surface area contributed by atoms with Gasteiger partial charge in [0.15, 0.2) is 5.90 Å². The Morgan fingerprint density at radius 2 is 2.07 bits per heavy atom. The van der Waals surface area contributed by atoms with Gasteiger partial charge >= 0.3 is 9.24 Å². The Balaban J connectivity index is 4.79.